The zero-order valence-electron chi connectivity index (χ0n) is 8.67. The topological polar surface area (TPSA) is 82.0 Å². The molecule has 2 aliphatic heterocycles. The van der Waals surface area contributed by atoms with Gasteiger partial charge in [0.1, 0.15) is 12.4 Å². The van der Waals surface area contributed by atoms with Gasteiger partial charge in [-0.1, -0.05) is 0 Å². The Hall–Kier alpha value is -0.920. The molecule has 2 aliphatic rings. The van der Waals surface area contributed by atoms with Crippen LogP contribution in [0.5, 0.6) is 0 Å². The molecule has 0 radical (unpaired) electrons. The number of nitrogens with one attached hydrogen (secondary N) is 1. The summed E-state index contributed by atoms with van der Waals surface area (Å²) in [6, 6.07) is -0.537. The Morgan fingerprint density at radius 2 is 2.38 bits per heavy atom. The molecule has 0 spiro atoms. The fourth-order valence-corrected chi connectivity index (χ4v) is 2.00. The quantitative estimate of drug-likeness (QED) is 0.582. The summed E-state index contributed by atoms with van der Waals surface area (Å²) in [5, 5.41) is 20.3. The van der Waals surface area contributed by atoms with Gasteiger partial charge in [-0.25, -0.2) is 9.18 Å². The number of hydrogen-bond donors (Lipinski definition) is 3. The van der Waals surface area contributed by atoms with Crippen molar-refractivity contribution in [1.29, 1.82) is 0 Å². The van der Waals surface area contributed by atoms with Crippen molar-refractivity contribution < 1.29 is 24.1 Å². The van der Waals surface area contributed by atoms with Gasteiger partial charge in [-0.3, -0.25) is 4.90 Å². The monoisotopic (exact) mass is 234 g/mol. The maximum atomic E-state index is 13.6. The van der Waals surface area contributed by atoms with Crippen LogP contribution in [-0.2, 0) is 4.74 Å². The van der Waals surface area contributed by atoms with Crippen LogP contribution in [0, 0.1) is 0 Å². The number of urea groups is 1. The van der Waals surface area contributed by atoms with Gasteiger partial charge in [-0.05, 0) is 0 Å². The highest BCUT2D eigenvalue weighted by molar-refractivity contribution is 5.75. The summed E-state index contributed by atoms with van der Waals surface area (Å²) in [6.45, 7) is -0.00869. The number of aliphatic hydroxyl groups is 2. The lowest BCUT2D eigenvalue weighted by Crippen LogP contribution is -2.56. The minimum Gasteiger partial charge on any atom is -0.394 e. The fourth-order valence-electron chi connectivity index (χ4n) is 2.00. The first-order chi connectivity index (χ1) is 7.61. The number of hydrogen-bond acceptors (Lipinski definition) is 4. The van der Waals surface area contributed by atoms with Crippen molar-refractivity contribution in [3.63, 3.8) is 0 Å². The van der Waals surface area contributed by atoms with Gasteiger partial charge in [0, 0.05) is 19.4 Å². The van der Waals surface area contributed by atoms with Crippen LogP contribution in [0.15, 0.2) is 0 Å². The first-order valence-corrected chi connectivity index (χ1v) is 5.27. The van der Waals surface area contributed by atoms with Crippen LogP contribution in [0.4, 0.5) is 9.18 Å². The van der Waals surface area contributed by atoms with Crippen LogP contribution in [0.2, 0.25) is 0 Å². The molecule has 2 rings (SSSR count). The van der Waals surface area contributed by atoms with Gasteiger partial charge < -0.3 is 20.3 Å². The van der Waals surface area contributed by atoms with Crippen LogP contribution in [0.1, 0.15) is 12.8 Å². The lowest BCUT2D eigenvalue weighted by atomic mass is 10.2. The Labute approximate surface area is 92.0 Å². The number of amides is 2. The van der Waals surface area contributed by atoms with E-state index in [1.807, 2.05) is 0 Å². The molecule has 0 aromatic rings. The summed E-state index contributed by atoms with van der Waals surface area (Å²) in [5.74, 6) is 0. The number of alkyl halides is 1. The molecule has 7 heteroatoms. The Morgan fingerprint density at radius 3 is 2.94 bits per heavy atom. The maximum absolute atomic E-state index is 13.6. The van der Waals surface area contributed by atoms with Crippen molar-refractivity contribution >= 4 is 6.03 Å². The standard InChI is InChI=1S/C9H15FN2O4/c10-6-3-5(4-13)16-8(6)12-2-1-7(14)11-9(12)15/h5-8,13-14H,1-4H2,(H,11,15). The predicted molar refractivity (Wildman–Crippen MR) is 51.1 cm³/mol. The van der Waals surface area contributed by atoms with Crippen molar-refractivity contribution in [2.45, 2.75) is 37.6 Å². The fraction of sp³-hybridized carbons (Fsp3) is 0.889. The second-order valence-corrected chi connectivity index (χ2v) is 4.03. The molecule has 0 aromatic carbocycles. The van der Waals surface area contributed by atoms with E-state index in [9.17, 15) is 14.3 Å². The van der Waals surface area contributed by atoms with Gasteiger partial charge in [0.25, 0.3) is 0 Å². The number of halogens is 1. The second kappa shape index (κ2) is 4.52. The second-order valence-electron chi connectivity index (χ2n) is 4.03. The molecule has 4 atom stereocenters. The van der Waals surface area contributed by atoms with E-state index in [0.717, 1.165) is 0 Å². The highest BCUT2D eigenvalue weighted by Crippen LogP contribution is 2.27. The van der Waals surface area contributed by atoms with Gasteiger partial charge in [0.05, 0.1) is 12.7 Å². The summed E-state index contributed by atoms with van der Waals surface area (Å²) >= 11 is 0. The summed E-state index contributed by atoms with van der Waals surface area (Å²) in [6.07, 6.45) is -3.26. The van der Waals surface area contributed by atoms with Crippen molar-refractivity contribution in [2.24, 2.45) is 0 Å². The summed E-state index contributed by atoms with van der Waals surface area (Å²) < 4.78 is 18.8. The number of carbonyl (C=O) groups is 1. The molecule has 92 valence electrons. The first kappa shape index (κ1) is 11.6. The number of carbonyl (C=O) groups excluding carboxylic acids is 1. The normalized spacial score (nSPS) is 39.9. The van der Waals surface area contributed by atoms with E-state index >= 15 is 0 Å². The summed E-state index contributed by atoms with van der Waals surface area (Å²) in [5.41, 5.74) is 0. The average molecular weight is 234 g/mol. The van der Waals surface area contributed by atoms with Crippen molar-refractivity contribution in [2.75, 3.05) is 13.2 Å². The van der Waals surface area contributed by atoms with E-state index in [4.69, 9.17) is 9.84 Å². The van der Waals surface area contributed by atoms with Gasteiger partial charge in [0.15, 0.2) is 6.23 Å². The molecule has 4 unspecified atom stereocenters. The molecule has 2 heterocycles. The number of rotatable bonds is 2. The average Bonchev–Trinajstić information content (AvgIpc) is 2.60. The lowest BCUT2D eigenvalue weighted by molar-refractivity contribution is -0.0773. The van der Waals surface area contributed by atoms with E-state index < -0.39 is 30.8 Å². The van der Waals surface area contributed by atoms with E-state index in [1.165, 1.54) is 4.90 Å². The van der Waals surface area contributed by atoms with Crippen molar-refractivity contribution in [3.05, 3.63) is 0 Å². The molecule has 0 aliphatic carbocycles. The third kappa shape index (κ3) is 2.11. The lowest BCUT2D eigenvalue weighted by Gasteiger charge is -2.35. The molecule has 6 nitrogen and oxygen atoms in total. The van der Waals surface area contributed by atoms with Crippen LogP contribution in [0.25, 0.3) is 0 Å². The van der Waals surface area contributed by atoms with Gasteiger partial charge in [0.2, 0.25) is 0 Å². The molecule has 0 aromatic heterocycles. The molecule has 2 amide bonds. The van der Waals surface area contributed by atoms with Gasteiger partial charge in [-0.2, -0.15) is 0 Å². The Balaban J connectivity index is 1.99. The highest BCUT2D eigenvalue weighted by atomic mass is 19.1. The van der Waals surface area contributed by atoms with Gasteiger partial charge in [-0.15, -0.1) is 0 Å². The number of ether oxygens (including phenoxy) is 1. The van der Waals surface area contributed by atoms with E-state index in [0.29, 0.717) is 6.42 Å². The van der Waals surface area contributed by atoms with Crippen LogP contribution < -0.4 is 5.32 Å². The largest absolute Gasteiger partial charge is 0.394 e. The SMILES string of the molecule is O=C1NC(O)CCN1C1OC(CO)CC1F. The van der Waals surface area contributed by atoms with Crippen LogP contribution in [0.3, 0.4) is 0 Å². The molecule has 2 saturated heterocycles. The van der Waals surface area contributed by atoms with Crippen molar-refractivity contribution in [1.82, 2.24) is 10.2 Å². The van der Waals surface area contributed by atoms with E-state index in [-0.39, 0.29) is 19.6 Å². The van der Waals surface area contributed by atoms with Crippen LogP contribution in [-0.4, -0.2) is 59.0 Å². The zero-order valence-corrected chi connectivity index (χ0v) is 8.67. The van der Waals surface area contributed by atoms with Crippen LogP contribution >= 0.6 is 0 Å². The predicted octanol–water partition coefficient (Wildman–Crippen LogP) is -0.835. The number of nitrogens with zero attached hydrogens (tertiary/aromatic N) is 1. The van der Waals surface area contributed by atoms with E-state index in [1.54, 1.807) is 0 Å². The molecule has 3 N–H and O–H groups in total. The minimum atomic E-state index is -1.29. The highest BCUT2D eigenvalue weighted by Gasteiger charge is 2.42. The molecule has 0 saturated carbocycles. The third-order valence-corrected chi connectivity index (χ3v) is 2.83. The Morgan fingerprint density at radius 1 is 1.62 bits per heavy atom. The summed E-state index contributed by atoms with van der Waals surface area (Å²) in [7, 11) is 0. The minimum absolute atomic E-state index is 0.0908. The molecular formula is C9H15FN2O4. The number of aliphatic hydroxyl groups excluding tert-OH is 2. The molecular weight excluding hydrogens is 219 g/mol. The van der Waals surface area contributed by atoms with E-state index in [2.05, 4.69) is 5.32 Å². The molecule has 2 fully saturated rings. The molecule has 0 bridgehead atoms. The smallest absolute Gasteiger partial charge is 0.321 e. The maximum Gasteiger partial charge on any atom is 0.321 e. The Kier molecular flexibility index (Phi) is 3.27. The first-order valence-electron chi connectivity index (χ1n) is 5.27. The third-order valence-electron chi connectivity index (χ3n) is 2.83. The van der Waals surface area contributed by atoms with Crippen molar-refractivity contribution in [3.8, 4) is 0 Å². The Bertz CT molecular complexity index is 278. The molecule has 16 heavy (non-hydrogen) atoms. The zero-order chi connectivity index (χ0) is 11.7. The van der Waals surface area contributed by atoms with Gasteiger partial charge >= 0.3 is 6.03 Å². The summed E-state index contributed by atoms with van der Waals surface area (Å²) in [4.78, 5) is 12.7.